The summed E-state index contributed by atoms with van der Waals surface area (Å²) >= 11 is 5.92. The van der Waals surface area contributed by atoms with Gasteiger partial charge >= 0.3 is 5.76 Å². The number of halogens is 3. The van der Waals surface area contributed by atoms with Gasteiger partial charge in [0.2, 0.25) is 9.84 Å². The molecule has 0 saturated heterocycles. The fraction of sp³-hybridized carbons (Fsp3) is 0.500. The number of hydrogen-bond acceptors (Lipinski definition) is 4. The van der Waals surface area contributed by atoms with Gasteiger partial charge in [0.05, 0.1) is 22.6 Å². The minimum atomic E-state index is -4.62. The second-order valence-electron chi connectivity index (χ2n) is 4.07. The summed E-state index contributed by atoms with van der Waals surface area (Å²) in [5.41, 5.74) is 0.147. The van der Waals surface area contributed by atoms with Crippen LogP contribution < -0.4 is 5.32 Å². The molecule has 0 fully saturated rings. The van der Waals surface area contributed by atoms with Crippen LogP contribution in [0.15, 0.2) is 29.2 Å². The lowest BCUT2D eigenvalue weighted by Crippen LogP contribution is -2.17. The number of ether oxygens (including phenoxy) is 1. The summed E-state index contributed by atoms with van der Waals surface area (Å²) in [5, 5.41) is 2.58. The van der Waals surface area contributed by atoms with Crippen LogP contribution in [0.1, 0.15) is 6.42 Å². The normalized spacial score (nSPS) is 13.4. The Morgan fingerprint density at radius 1 is 1.35 bits per heavy atom. The summed E-state index contributed by atoms with van der Waals surface area (Å²) in [7, 11) is -3.10. The van der Waals surface area contributed by atoms with Crippen molar-refractivity contribution in [3.05, 3.63) is 24.3 Å². The fourth-order valence-corrected chi connectivity index (χ4v) is 2.73. The minimum Gasteiger partial charge on any atom is -0.384 e. The van der Waals surface area contributed by atoms with Gasteiger partial charge in [0.15, 0.2) is 0 Å². The van der Waals surface area contributed by atoms with E-state index in [1.165, 1.54) is 19.2 Å². The molecule has 4 nitrogen and oxygen atoms in total. The Hall–Kier alpha value is -0.920. The molecule has 0 heterocycles. The number of para-hydroxylation sites is 1. The Labute approximate surface area is 122 Å². The molecular weight excluding hydrogens is 312 g/mol. The molecule has 0 aliphatic carbocycles. The maximum atomic E-state index is 12.6. The lowest BCUT2D eigenvalue weighted by Gasteiger charge is -2.13. The van der Waals surface area contributed by atoms with Crippen molar-refractivity contribution in [3.63, 3.8) is 0 Å². The predicted octanol–water partition coefficient (Wildman–Crippen LogP) is 2.74. The molecule has 0 aromatic heterocycles. The molecule has 1 N–H and O–H groups in total. The molecular formula is C12H16ClF2NO3S. The quantitative estimate of drug-likeness (QED) is 0.746. The van der Waals surface area contributed by atoms with Crippen molar-refractivity contribution in [2.24, 2.45) is 0 Å². The Morgan fingerprint density at radius 2 is 2.00 bits per heavy atom. The van der Waals surface area contributed by atoms with E-state index < -0.39 is 20.5 Å². The molecule has 0 aliphatic rings. The highest BCUT2D eigenvalue weighted by molar-refractivity contribution is 7.91. The van der Waals surface area contributed by atoms with Crippen LogP contribution >= 0.6 is 11.6 Å². The van der Waals surface area contributed by atoms with E-state index in [4.69, 9.17) is 16.3 Å². The summed E-state index contributed by atoms with van der Waals surface area (Å²) < 4.78 is 53.0. The highest BCUT2D eigenvalue weighted by atomic mass is 35.5. The number of anilines is 1. The molecule has 0 bridgehead atoms. The first-order valence-corrected chi connectivity index (χ1v) is 7.85. The third kappa shape index (κ3) is 4.57. The van der Waals surface area contributed by atoms with Crippen molar-refractivity contribution in [1.82, 2.24) is 0 Å². The average molecular weight is 328 g/mol. The van der Waals surface area contributed by atoms with Crippen molar-refractivity contribution in [2.75, 3.05) is 25.6 Å². The zero-order chi connectivity index (χ0) is 15.2. The van der Waals surface area contributed by atoms with E-state index in [1.807, 2.05) is 0 Å². The van der Waals surface area contributed by atoms with E-state index in [2.05, 4.69) is 5.32 Å². The van der Waals surface area contributed by atoms with Gasteiger partial charge in [-0.25, -0.2) is 8.42 Å². The summed E-state index contributed by atoms with van der Waals surface area (Å²) in [5.74, 6) is -3.44. The van der Waals surface area contributed by atoms with Crippen molar-refractivity contribution in [1.29, 1.82) is 0 Å². The number of hydrogen-bond donors (Lipinski definition) is 1. The standard InChI is InChI=1S/C12H16ClF2NO3S/c1-19-8-9(13)6-7-16-10-4-2-3-5-11(10)20(17,18)12(14)15/h2-5,9,12,16H,6-8H2,1H3. The van der Waals surface area contributed by atoms with Gasteiger partial charge in [-0.3, -0.25) is 0 Å². The average Bonchev–Trinajstić information content (AvgIpc) is 2.39. The van der Waals surface area contributed by atoms with Crippen LogP contribution in [-0.2, 0) is 14.6 Å². The van der Waals surface area contributed by atoms with E-state index in [0.717, 1.165) is 6.07 Å². The first kappa shape index (κ1) is 17.1. The van der Waals surface area contributed by atoms with Gasteiger partial charge in [-0.15, -0.1) is 11.6 Å². The number of nitrogens with one attached hydrogen (secondary N) is 1. The molecule has 0 amide bonds. The largest absolute Gasteiger partial charge is 0.384 e. The number of rotatable bonds is 8. The molecule has 0 spiro atoms. The Balaban J connectivity index is 2.77. The van der Waals surface area contributed by atoms with Crippen LogP contribution in [-0.4, -0.2) is 39.8 Å². The molecule has 114 valence electrons. The summed E-state index contributed by atoms with van der Waals surface area (Å²) in [6.07, 6.45) is 0.512. The van der Waals surface area contributed by atoms with Gasteiger partial charge in [0.1, 0.15) is 0 Å². The van der Waals surface area contributed by atoms with Crippen molar-refractivity contribution < 1.29 is 21.9 Å². The monoisotopic (exact) mass is 327 g/mol. The van der Waals surface area contributed by atoms with E-state index in [1.54, 1.807) is 6.07 Å². The summed E-state index contributed by atoms with van der Waals surface area (Å²) in [6, 6.07) is 5.56. The number of sulfone groups is 1. The molecule has 0 saturated carbocycles. The molecule has 1 aromatic rings. The Morgan fingerprint density at radius 3 is 2.60 bits per heavy atom. The third-order valence-corrected chi connectivity index (χ3v) is 4.33. The van der Waals surface area contributed by atoms with Gasteiger partial charge in [0.25, 0.3) is 0 Å². The van der Waals surface area contributed by atoms with Gasteiger partial charge in [-0.05, 0) is 18.6 Å². The van der Waals surface area contributed by atoms with Gasteiger partial charge in [-0.1, -0.05) is 12.1 Å². The number of methoxy groups -OCH3 is 1. The van der Waals surface area contributed by atoms with Gasteiger partial charge in [0, 0.05) is 13.7 Å². The van der Waals surface area contributed by atoms with Gasteiger partial charge in [-0.2, -0.15) is 8.78 Å². The first-order chi connectivity index (χ1) is 9.39. The molecule has 1 rings (SSSR count). The van der Waals surface area contributed by atoms with E-state index in [-0.39, 0.29) is 11.1 Å². The zero-order valence-corrected chi connectivity index (χ0v) is 12.4. The van der Waals surface area contributed by atoms with Crippen LogP contribution in [0.25, 0.3) is 0 Å². The highest BCUT2D eigenvalue weighted by Crippen LogP contribution is 2.26. The van der Waals surface area contributed by atoms with Crippen LogP contribution in [0.4, 0.5) is 14.5 Å². The molecule has 20 heavy (non-hydrogen) atoms. The smallest absolute Gasteiger partial charge is 0.341 e. The van der Waals surface area contributed by atoms with E-state index in [0.29, 0.717) is 19.6 Å². The first-order valence-electron chi connectivity index (χ1n) is 5.87. The molecule has 1 atom stereocenters. The maximum Gasteiger partial charge on any atom is 0.341 e. The van der Waals surface area contributed by atoms with Crippen molar-refractivity contribution in [2.45, 2.75) is 22.5 Å². The highest BCUT2D eigenvalue weighted by Gasteiger charge is 2.28. The van der Waals surface area contributed by atoms with Gasteiger partial charge < -0.3 is 10.1 Å². The number of benzene rings is 1. The van der Waals surface area contributed by atoms with Crippen molar-refractivity contribution >= 4 is 27.1 Å². The minimum absolute atomic E-state index is 0.147. The fourth-order valence-electron chi connectivity index (χ4n) is 1.58. The topological polar surface area (TPSA) is 55.4 Å². The maximum absolute atomic E-state index is 12.6. The number of alkyl halides is 3. The third-order valence-electron chi connectivity index (χ3n) is 2.55. The predicted molar refractivity (Wildman–Crippen MR) is 74.3 cm³/mol. The van der Waals surface area contributed by atoms with Crippen molar-refractivity contribution in [3.8, 4) is 0 Å². The molecule has 1 aromatic carbocycles. The molecule has 0 radical (unpaired) electrons. The second-order valence-corrected chi connectivity index (χ2v) is 6.57. The SMILES string of the molecule is COCC(Cl)CCNc1ccccc1S(=O)(=O)C(F)F. The summed E-state index contributed by atoms with van der Waals surface area (Å²) in [6.45, 7) is 0.716. The van der Waals surface area contributed by atoms with E-state index >= 15 is 0 Å². The van der Waals surface area contributed by atoms with Crippen LogP contribution in [0, 0.1) is 0 Å². The Bertz CT molecular complexity index is 525. The molecule has 8 heteroatoms. The molecule has 1 unspecified atom stereocenters. The second kappa shape index (κ2) is 7.75. The summed E-state index contributed by atoms with van der Waals surface area (Å²) in [4.78, 5) is -0.409. The lowest BCUT2D eigenvalue weighted by atomic mass is 10.3. The van der Waals surface area contributed by atoms with Crippen LogP contribution in [0.5, 0.6) is 0 Å². The van der Waals surface area contributed by atoms with E-state index in [9.17, 15) is 17.2 Å². The molecule has 0 aliphatic heterocycles. The lowest BCUT2D eigenvalue weighted by molar-refractivity contribution is 0.196. The Kier molecular flexibility index (Phi) is 6.64. The zero-order valence-electron chi connectivity index (χ0n) is 10.9. The van der Waals surface area contributed by atoms with Crippen LogP contribution in [0.3, 0.4) is 0 Å². The van der Waals surface area contributed by atoms with Crippen LogP contribution in [0.2, 0.25) is 0 Å².